The summed E-state index contributed by atoms with van der Waals surface area (Å²) in [6.45, 7) is 0.0766. The highest BCUT2D eigenvalue weighted by atomic mass is 35.5. The van der Waals surface area contributed by atoms with Gasteiger partial charge in [-0.3, -0.25) is 9.79 Å². The molecule has 0 fully saturated rings. The highest BCUT2D eigenvalue weighted by molar-refractivity contribution is 6.31. The van der Waals surface area contributed by atoms with Gasteiger partial charge in [0.05, 0.1) is 21.6 Å². The molecule has 0 spiro atoms. The fourth-order valence-electron chi connectivity index (χ4n) is 2.98. The number of aromatic nitrogens is 2. The molecule has 1 amide bonds. The molecule has 1 aliphatic heterocycles. The van der Waals surface area contributed by atoms with E-state index in [0.29, 0.717) is 22.1 Å². The monoisotopic (exact) mass is 375 g/mol. The van der Waals surface area contributed by atoms with Crippen molar-refractivity contribution in [2.24, 2.45) is 4.99 Å². The van der Waals surface area contributed by atoms with E-state index in [-0.39, 0.29) is 12.5 Å². The highest BCUT2D eigenvalue weighted by Gasteiger charge is 2.17. The van der Waals surface area contributed by atoms with E-state index in [9.17, 15) is 4.79 Å². The van der Waals surface area contributed by atoms with Crippen molar-refractivity contribution in [3.63, 3.8) is 0 Å². The second kappa shape index (κ2) is 7.06. The zero-order valence-corrected chi connectivity index (χ0v) is 14.9. The molecule has 4 rings (SSSR count). The number of hydrogen-bond donors (Lipinski definition) is 1. The first-order valence-corrected chi connectivity index (χ1v) is 8.71. The summed E-state index contributed by atoms with van der Waals surface area (Å²) in [5, 5.41) is 12.2. The lowest BCUT2D eigenvalue weighted by Gasteiger charge is -2.10. The molecule has 1 aliphatic rings. The van der Waals surface area contributed by atoms with Crippen molar-refractivity contribution in [3.8, 4) is 6.07 Å². The number of amides is 1. The number of halogens is 1. The highest BCUT2D eigenvalue weighted by Crippen LogP contribution is 2.25. The summed E-state index contributed by atoms with van der Waals surface area (Å²) in [4.78, 5) is 21.6. The molecule has 0 unspecified atom stereocenters. The van der Waals surface area contributed by atoms with Crippen molar-refractivity contribution < 1.29 is 4.79 Å². The van der Waals surface area contributed by atoms with Gasteiger partial charge in [-0.2, -0.15) is 5.26 Å². The van der Waals surface area contributed by atoms with Crippen LogP contribution in [0.4, 0.5) is 5.69 Å². The molecule has 1 N–H and O–H groups in total. The van der Waals surface area contributed by atoms with Gasteiger partial charge in [-0.1, -0.05) is 23.7 Å². The third-order valence-electron chi connectivity index (χ3n) is 4.20. The lowest BCUT2D eigenvalue weighted by atomic mass is 10.2. The molecule has 1 aromatic heterocycles. The number of para-hydroxylation sites is 2. The zero-order chi connectivity index (χ0) is 18.8. The van der Waals surface area contributed by atoms with Crippen LogP contribution in [0.1, 0.15) is 17.8 Å². The Morgan fingerprint density at radius 3 is 2.93 bits per heavy atom. The Bertz CT molecular complexity index is 1150. The van der Waals surface area contributed by atoms with Gasteiger partial charge < -0.3 is 9.88 Å². The number of imidazole rings is 1. The number of fused-ring (bicyclic) bond motifs is 1. The van der Waals surface area contributed by atoms with Crippen LogP contribution in [0.15, 0.2) is 53.5 Å². The van der Waals surface area contributed by atoms with E-state index in [4.69, 9.17) is 16.9 Å². The third-order valence-corrected chi connectivity index (χ3v) is 4.53. The van der Waals surface area contributed by atoms with Gasteiger partial charge in [0.1, 0.15) is 18.3 Å². The molecule has 2 aromatic carbocycles. The van der Waals surface area contributed by atoms with Crippen molar-refractivity contribution in [2.45, 2.75) is 13.0 Å². The van der Waals surface area contributed by atoms with Gasteiger partial charge in [0, 0.05) is 18.3 Å². The molecule has 0 atom stereocenters. The first-order chi connectivity index (χ1) is 13.2. The maximum atomic E-state index is 12.6. The molecule has 0 bridgehead atoms. The summed E-state index contributed by atoms with van der Waals surface area (Å²) in [5.41, 5.74) is 3.26. The Morgan fingerprint density at radius 2 is 2.15 bits per heavy atom. The Hall–Kier alpha value is -3.43. The predicted molar refractivity (Wildman–Crippen MR) is 106 cm³/mol. The maximum Gasteiger partial charge on any atom is 0.244 e. The van der Waals surface area contributed by atoms with E-state index in [0.717, 1.165) is 23.2 Å². The molecule has 6 nitrogen and oxygen atoms in total. The molecular formula is C20H14ClN5O. The number of carbonyl (C=O) groups excluding carboxylic acids is 1. The van der Waals surface area contributed by atoms with E-state index >= 15 is 0 Å². The van der Waals surface area contributed by atoms with Crippen LogP contribution in [-0.4, -0.2) is 21.7 Å². The third kappa shape index (κ3) is 3.33. The number of allylic oxidation sites excluding steroid dienone is 1. The Kier molecular flexibility index (Phi) is 4.45. The lowest BCUT2D eigenvalue weighted by Crippen LogP contribution is -2.20. The number of nitrogens with one attached hydrogen (secondary N) is 1. The first-order valence-electron chi connectivity index (χ1n) is 8.33. The fraction of sp³-hybridized carbons (Fsp3) is 0.100. The minimum absolute atomic E-state index is 0.0766. The SMILES string of the molecule is N#Cc1cc(NC(=O)Cn2c(C3=CCC=N3)nc3ccccc32)ccc1Cl. The minimum atomic E-state index is -0.229. The summed E-state index contributed by atoms with van der Waals surface area (Å²) in [7, 11) is 0. The lowest BCUT2D eigenvalue weighted by molar-refractivity contribution is -0.116. The van der Waals surface area contributed by atoms with Gasteiger partial charge in [-0.25, -0.2) is 4.98 Å². The maximum absolute atomic E-state index is 12.6. The minimum Gasteiger partial charge on any atom is -0.324 e. The van der Waals surface area contributed by atoms with Crippen LogP contribution in [0.2, 0.25) is 5.02 Å². The van der Waals surface area contributed by atoms with Crippen molar-refractivity contribution >= 4 is 46.1 Å². The van der Waals surface area contributed by atoms with Crippen LogP contribution >= 0.6 is 11.6 Å². The van der Waals surface area contributed by atoms with Crippen molar-refractivity contribution in [1.82, 2.24) is 9.55 Å². The van der Waals surface area contributed by atoms with Gasteiger partial charge in [0.2, 0.25) is 5.91 Å². The van der Waals surface area contributed by atoms with Crippen molar-refractivity contribution in [1.29, 1.82) is 5.26 Å². The molecule has 27 heavy (non-hydrogen) atoms. The number of nitriles is 1. The van der Waals surface area contributed by atoms with E-state index in [1.165, 1.54) is 0 Å². The van der Waals surface area contributed by atoms with E-state index in [2.05, 4.69) is 15.3 Å². The Balaban J connectivity index is 1.65. The Labute approximate surface area is 160 Å². The number of anilines is 1. The van der Waals surface area contributed by atoms with Crippen LogP contribution in [0.3, 0.4) is 0 Å². The summed E-state index contributed by atoms with van der Waals surface area (Å²) >= 11 is 5.94. The van der Waals surface area contributed by atoms with Crippen molar-refractivity contribution in [3.05, 3.63) is 65.0 Å². The second-order valence-corrected chi connectivity index (χ2v) is 6.41. The molecule has 7 heteroatoms. The second-order valence-electron chi connectivity index (χ2n) is 6.00. The number of benzene rings is 2. The van der Waals surface area contributed by atoms with E-state index < -0.39 is 0 Å². The van der Waals surface area contributed by atoms with Crippen LogP contribution < -0.4 is 5.32 Å². The molecule has 0 radical (unpaired) electrons. The summed E-state index contributed by atoms with van der Waals surface area (Å²) in [6.07, 6.45) is 4.55. The molecule has 2 heterocycles. The summed E-state index contributed by atoms with van der Waals surface area (Å²) < 4.78 is 1.85. The number of carbonyl (C=O) groups is 1. The average Bonchev–Trinajstić information content (AvgIpc) is 3.31. The van der Waals surface area contributed by atoms with Gasteiger partial charge in [-0.05, 0) is 36.4 Å². The Morgan fingerprint density at radius 1 is 1.30 bits per heavy atom. The van der Waals surface area contributed by atoms with Crippen molar-refractivity contribution in [2.75, 3.05) is 5.32 Å². The number of nitrogens with zero attached hydrogens (tertiary/aromatic N) is 4. The molecule has 0 saturated heterocycles. The van der Waals surface area contributed by atoms with Crippen LogP contribution in [0.25, 0.3) is 16.7 Å². The van der Waals surface area contributed by atoms with Gasteiger partial charge in [0.15, 0.2) is 5.82 Å². The largest absolute Gasteiger partial charge is 0.324 e. The zero-order valence-electron chi connectivity index (χ0n) is 14.2. The normalized spacial score (nSPS) is 12.8. The van der Waals surface area contributed by atoms with E-state index in [1.807, 2.05) is 47.2 Å². The number of hydrogen-bond acceptors (Lipinski definition) is 4. The molecule has 0 aliphatic carbocycles. The first kappa shape index (κ1) is 17.0. The topological polar surface area (TPSA) is 83.1 Å². The molecular weight excluding hydrogens is 362 g/mol. The van der Waals surface area contributed by atoms with Gasteiger partial charge in [0.25, 0.3) is 0 Å². The van der Waals surface area contributed by atoms with Gasteiger partial charge >= 0.3 is 0 Å². The van der Waals surface area contributed by atoms with Gasteiger partial charge in [-0.15, -0.1) is 0 Å². The molecule has 0 saturated carbocycles. The van der Waals surface area contributed by atoms with Crippen LogP contribution in [0.5, 0.6) is 0 Å². The number of rotatable bonds is 4. The smallest absolute Gasteiger partial charge is 0.244 e. The number of aliphatic imine (C=N–C) groups is 1. The standard InChI is InChI=1S/C20H14ClN5O/c21-15-8-7-14(10-13(15)11-22)24-19(27)12-26-18-6-2-1-4-16(18)25-20(26)17-5-3-9-23-17/h1-2,4-10H,3,12H2,(H,24,27). The molecule has 3 aromatic rings. The fourth-order valence-corrected chi connectivity index (χ4v) is 3.14. The van der Waals surface area contributed by atoms with E-state index in [1.54, 1.807) is 18.2 Å². The van der Waals surface area contributed by atoms with Crippen LogP contribution in [0, 0.1) is 11.3 Å². The van der Waals surface area contributed by atoms with Crippen LogP contribution in [-0.2, 0) is 11.3 Å². The summed E-state index contributed by atoms with van der Waals surface area (Å²) in [5.74, 6) is 0.433. The average molecular weight is 376 g/mol. The summed E-state index contributed by atoms with van der Waals surface area (Å²) in [6, 6.07) is 14.5. The quantitative estimate of drug-likeness (QED) is 0.747. The predicted octanol–water partition coefficient (Wildman–Crippen LogP) is 4.02. The molecule has 132 valence electrons.